The molecule has 208 valence electrons. The second-order valence-corrected chi connectivity index (χ2v) is 11.5. The molecule has 0 bridgehead atoms. The number of nitrogens with zero attached hydrogens (tertiary/aromatic N) is 1. The van der Waals surface area contributed by atoms with Gasteiger partial charge in [-0.1, -0.05) is 42.5 Å². The lowest BCUT2D eigenvalue weighted by Gasteiger charge is -2.28. The second-order valence-electron chi connectivity index (χ2n) is 10.2. The van der Waals surface area contributed by atoms with E-state index in [2.05, 4.69) is 38.5 Å². The van der Waals surface area contributed by atoms with Crippen LogP contribution in [0.15, 0.2) is 54.6 Å². The normalized spacial score (nSPS) is 20.3. The van der Waals surface area contributed by atoms with Crippen LogP contribution < -0.4 is 16.0 Å². The lowest BCUT2D eigenvalue weighted by atomic mass is 10.0. The minimum absolute atomic E-state index is 0.00776. The zero-order valence-electron chi connectivity index (χ0n) is 21.8. The highest BCUT2D eigenvalue weighted by Crippen LogP contribution is 2.20. The number of likely N-dealkylation sites (tertiary alicyclic amines) is 1. The van der Waals surface area contributed by atoms with Gasteiger partial charge in [0.25, 0.3) is 0 Å². The molecule has 4 atom stereocenters. The zero-order valence-corrected chi connectivity index (χ0v) is 23.9. The van der Waals surface area contributed by atoms with Crippen LogP contribution in [0.1, 0.15) is 43.2 Å². The highest BCUT2D eigenvalue weighted by molar-refractivity contribution is 14.1. The van der Waals surface area contributed by atoms with E-state index >= 15 is 0 Å². The van der Waals surface area contributed by atoms with Gasteiger partial charge in [-0.25, -0.2) is 4.79 Å². The number of halogens is 1. The van der Waals surface area contributed by atoms with Crippen LogP contribution in [0.25, 0.3) is 0 Å². The molecule has 0 aliphatic carbocycles. The van der Waals surface area contributed by atoms with E-state index in [1.165, 1.54) is 4.90 Å². The van der Waals surface area contributed by atoms with Gasteiger partial charge in [0.15, 0.2) is 0 Å². The van der Waals surface area contributed by atoms with Crippen LogP contribution in [-0.4, -0.2) is 71.0 Å². The number of carboxylic acid groups (broad SMARTS) is 1. The van der Waals surface area contributed by atoms with Crippen molar-refractivity contribution >= 4 is 46.3 Å². The van der Waals surface area contributed by atoms with Gasteiger partial charge in [0.1, 0.15) is 12.1 Å². The second kappa shape index (κ2) is 13.9. The van der Waals surface area contributed by atoms with Gasteiger partial charge >= 0.3 is 5.97 Å². The molecule has 4 rings (SSSR count). The van der Waals surface area contributed by atoms with Gasteiger partial charge in [-0.15, -0.1) is 0 Å². The summed E-state index contributed by atoms with van der Waals surface area (Å²) in [5.74, 6) is -1.93. The van der Waals surface area contributed by atoms with Crippen molar-refractivity contribution in [2.24, 2.45) is 0 Å². The minimum atomic E-state index is -1.04. The molecule has 2 aliphatic heterocycles. The van der Waals surface area contributed by atoms with Gasteiger partial charge in [0.05, 0.1) is 6.04 Å². The third kappa shape index (κ3) is 8.25. The Kier molecular flexibility index (Phi) is 10.3. The van der Waals surface area contributed by atoms with Crippen LogP contribution in [0.5, 0.6) is 0 Å². The van der Waals surface area contributed by atoms with E-state index in [9.17, 15) is 24.3 Å². The summed E-state index contributed by atoms with van der Waals surface area (Å²) in [6, 6.07) is 14.8. The molecule has 2 aromatic carbocycles. The Morgan fingerprint density at radius 3 is 2.33 bits per heavy atom. The topological polar surface area (TPSA) is 128 Å². The highest BCUT2D eigenvalue weighted by atomic mass is 127. The molecule has 2 fully saturated rings. The molecule has 0 unspecified atom stereocenters. The maximum atomic E-state index is 13.6. The number of carbonyl (C=O) groups excluding carboxylic acids is 3. The first-order chi connectivity index (χ1) is 18.8. The van der Waals surface area contributed by atoms with Gasteiger partial charge in [-0.05, 0) is 84.5 Å². The summed E-state index contributed by atoms with van der Waals surface area (Å²) < 4.78 is 1.05. The third-order valence-electron chi connectivity index (χ3n) is 7.29. The number of hydrogen-bond donors (Lipinski definition) is 4. The number of carboxylic acids is 1. The molecule has 3 amide bonds. The van der Waals surface area contributed by atoms with E-state index in [0.717, 1.165) is 34.1 Å². The smallest absolute Gasteiger partial charge is 0.326 e. The SMILES string of the molecule is O=C(C[C@H](Cc1ccccc1)NC(=O)[C@@H]1CCCN1)N[C@@H](Cc1ccc(I)cc1)C(=O)N1CCC[C@H]1C(=O)O. The van der Waals surface area contributed by atoms with Gasteiger partial charge < -0.3 is 26.0 Å². The number of carbonyl (C=O) groups is 4. The summed E-state index contributed by atoms with van der Waals surface area (Å²) in [5, 5.41) is 18.7. The molecule has 0 saturated carbocycles. The summed E-state index contributed by atoms with van der Waals surface area (Å²) in [6.07, 6.45) is 3.38. The molecule has 2 aliphatic rings. The first kappa shape index (κ1) is 29.0. The predicted molar refractivity (Wildman–Crippen MR) is 155 cm³/mol. The maximum Gasteiger partial charge on any atom is 0.326 e. The molecular formula is C29H35IN4O5. The number of amides is 3. The Labute approximate surface area is 242 Å². The number of benzene rings is 2. The Morgan fingerprint density at radius 1 is 0.949 bits per heavy atom. The molecule has 4 N–H and O–H groups in total. The summed E-state index contributed by atoms with van der Waals surface area (Å²) in [5.41, 5.74) is 1.85. The van der Waals surface area contributed by atoms with E-state index in [1.807, 2.05) is 54.6 Å². The van der Waals surface area contributed by atoms with Gasteiger partial charge in [-0.2, -0.15) is 0 Å². The fraction of sp³-hybridized carbons (Fsp3) is 0.448. The van der Waals surface area contributed by atoms with Crippen molar-refractivity contribution in [3.63, 3.8) is 0 Å². The third-order valence-corrected chi connectivity index (χ3v) is 8.01. The van der Waals surface area contributed by atoms with E-state index < -0.39 is 30.0 Å². The largest absolute Gasteiger partial charge is 0.480 e. The number of rotatable bonds is 11. The Balaban J connectivity index is 1.49. The van der Waals surface area contributed by atoms with E-state index in [-0.39, 0.29) is 30.7 Å². The van der Waals surface area contributed by atoms with Crippen molar-refractivity contribution in [3.8, 4) is 0 Å². The van der Waals surface area contributed by atoms with Crippen LogP contribution in [0, 0.1) is 3.57 Å². The summed E-state index contributed by atoms with van der Waals surface area (Å²) in [7, 11) is 0. The molecule has 0 radical (unpaired) electrons. The maximum absolute atomic E-state index is 13.6. The lowest BCUT2D eigenvalue weighted by Crippen LogP contribution is -2.54. The fourth-order valence-corrected chi connectivity index (χ4v) is 5.66. The Hall–Kier alpha value is -2.99. The summed E-state index contributed by atoms with van der Waals surface area (Å²) >= 11 is 2.20. The van der Waals surface area contributed by atoms with Crippen molar-refractivity contribution in [1.29, 1.82) is 0 Å². The highest BCUT2D eigenvalue weighted by Gasteiger charge is 2.38. The minimum Gasteiger partial charge on any atom is -0.480 e. The van der Waals surface area contributed by atoms with Crippen molar-refractivity contribution in [2.75, 3.05) is 13.1 Å². The van der Waals surface area contributed by atoms with E-state index in [0.29, 0.717) is 25.8 Å². The van der Waals surface area contributed by atoms with Crippen LogP contribution in [0.2, 0.25) is 0 Å². The van der Waals surface area contributed by atoms with Crippen molar-refractivity contribution in [2.45, 2.75) is 69.1 Å². The zero-order chi connectivity index (χ0) is 27.8. The van der Waals surface area contributed by atoms with Gasteiger partial charge in [0.2, 0.25) is 17.7 Å². The fourth-order valence-electron chi connectivity index (χ4n) is 5.30. The molecule has 2 aromatic rings. The van der Waals surface area contributed by atoms with Crippen molar-refractivity contribution in [3.05, 3.63) is 69.3 Å². The van der Waals surface area contributed by atoms with Crippen LogP contribution >= 0.6 is 22.6 Å². The lowest BCUT2D eigenvalue weighted by molar-refractivity contribution is -0.149. The average Bonchev–Trinajstić information content (AvgIpc) is 3.63. The van der Waals surface area contributed by atoms with Crippen LogP contribution in [0.4, 0.5) is 0 Å². The molecule has 9 nitrogen and oxygen atoms in total. The number of nitrogens with one attached hydrogen (secondary N) is 3. The summed E-state index contributed by atoms with van der Waals surface area (Å²) in [4.78, 5) is 52.9. The molecule has 2 saturated heterocycles. The van der Waals surface area contributed by atoms with Gasteiger partial charge in [0, 0.05) is 29.0 Å². The quantitative estimate of drug-likeness (QED) is 0.278. The van der Waals surface area contributed by atoms with Crippen LogP contribution in [0.3, 0.4) is 0 Å². The Morgan fingerprint density at radius 2 is 1.67 bits per heavy atom. The van der Waals surface area contributed by atoms with Crippen molar-refractivity contribution in [1.82, 2.24) is 20.9 Å². The van der Waals surface area contributed by atoms with E-state index in [1.54, 1.807) is 0 Å². The summed E-state index contributed by atoms with van der Waals surface area (Å²) in [6.45, 7) is 1.13. The predicted octanol–water partition coefficient (Wildman–Crippen LogP) is 2.26. The monoisotopic (exact) mass is 646 g/mol. The van der Waals surface area contributed by atoms with Crippen molar-refractivity contribution < 1.29 is 24.3 Å². The number of hydrogen-bond acceptors (Lipinski definition) is 5. The molecule has 0 aromatic heterocycles. The van der Waals surface area contributed by atoms with Crippen LogP contribution in [-0.2, 0) is 32.0 Å². The molecule has 0 spiro atoms. The Bertz CT molecular complexity index is 1150. The average molecular weight is 647 g/mol. The first-order valence-electron chi connectivity index (χ1n) is 13.4. The molecule has 10 heteroatoms. The molecule has 39 heavy (non-hydrogen) atoms. The standard InChI is InChI=1S/C29H35IN4O5/c30-21-12-10-20(11-13-21)17-24(28(37)34-15-5-9-25(34)29(38)39)33-26(35)18-22(16-19-6-2-1-3-7-19)32-27(36)23-8-4-14-31-23/h1-3,6-7,10-13,22-25,31H,4-5,8-9,14-18H2,(H,32,36)(H,33,35)(H,38,39)/t22-,23-,24-,25-/m0/s1. The van der Waals surface area contributed by atoms with E-state index in [4.69, 9.17) is 0 Å². The first-order valence-corrected chi connectivity index (χ1v) is 14.5. The van der Waals surface area contributed by atoms with Gasteiger partial charge in [-0.3, -0.25) is 14.4 Å². The number of aliphatic carboxylic acids is 1. The molecule has 2 heterocycles. The molecular weight excluding hydrogens is 611 g/mol.